The van der Waals surface area contributed by atoms with Gasteiger partial charge in [-0.15, -0.1) is 0 Å². The van der Waals surface area contributed by atoms with Gasteiger partial charge in [-0.3, -0.25) is 0 Å². The van der Waals surface area contributed by atoms with Crippen LogP contribution in [0.4, 0.5) is 0 Å². The molecular formula is C13H10N4O. The molecule has 0 saturated heterocycles. The molecule has 0 amide bonds. The first kappa shape index (κ1) is 10.5. The van der Waals surface area contributed by atoms with Crippen molar-refractivity contribution in [3.8, 4) is 17.7 Å². The molecule has 0 fully saturated rings. The number of hydrogen-bond donors (Lipinski definition) is 1. The molecule has 0 unspecified atom stereocenters. The fourth-order valence-electron chi connectivity index (χ4n) is 1.94. The highest BCUT2D eigenvalue weighted by Crippen LogP contribution is 2.24. The summed E-state index contributed by atoms with van der Waals surface area (Å²) in [5.41, 5.74) is 3.02. The Labute approximate surface area is 103 Å². The number of H-pyrrole nitrogens is 1. The van der Waals surface area contributed by atoms with Crippen molar-refractivity contribution in [2.75, 3.05) is 0 Å². The van der Waals surface area contributed by atoms with Crippen molar-refractivity contribution in [3.63, 3.8) is 0 Å². The number of nitriles is 1. The van der Waals surface area contributed by atoms with Crippen molar-refractivity contribution in [1.82, 2.24) is 15.0 Å². The number of rotatable bonds is 1. The van der Waals surface area contributed by atoms with Crippen LogP contribution in [0.2, 0.25) is 0 Å². The zero-order chi connectivity index (χ0) is 12.7. The minimum Gasteiger partial charge on any atom is -0.437 e. The number of nitrogens with zero attached hydrogens (tertiary/aromatic N) is 3. The summed E-state index contributed by atoms with van der Waals surface area (Å²) in [7, 11) is 0. The van der Waals surface area contributed by atoms with Gasteiger partial charge in [0, 0.05) is 6.92 Å². The predicted octanol–water partition coefficient (Wildman–Crippen LogP) is 2.71. The van der Waals surface area contributed by atoms with E-state index in [1.807, 2.05) is 13.0 Å². The van der Waals surface area contributed by atoms with E-state index in [2.05, 4.69) is 21.0 Å². The number of imidazole rings is 1. The van der Waals surface area contributed by atoms with E-state index < -0.39 is 0 Å². The maximum atomic E-state index is 8.86. The topological polar surface area (TPSA) is 78.5 Å². The highest BCUT2D eigenvalue weighted by Gasteiger charge is 2.13. The number of nitrogens with one attached hydrogen (secondary N) is 1. The van der Waals surface area contributed by atoms with E-state index >= 15 is 0 Å². The van der Waals surface area contributed by atoms with E-state index in [0.717, 1.165) is 16.7 Å². The number of fused-ring (bicyclic) bond motifs is 1. The van der Waals surface area contributed by atoms with Crippen LogP contribution in [-0.2, 0) is 0 Å². The number of aryl methyl sites for hydroxylation is 2. The Bertz CT molecular complexity index is 776. The van der Waals surface area contributed by atoms with Gasteiger partial charge in [0.2, 0.25) is 0 Å². The van der Waals surface area contributed by atoms with Gasteiger partial charge >= 0.3 is 0 Å². The van der Waals surface area contributed by atoms with Crippen molar-refractivity contribution >= 4 is 11.0 Å². The Hall–Kier alpha value is -2.61. The molecule has 2 aromatic heterocycles. The zero-order valence-electron chi connectivity index (χ0n) is 9.98. The first-order valence-corrected chi connectivity index (χ1v) is 5.51. The Morgan fingerprint density at radius 3 is 2.78 bits per heavy atom. The van der Waals surface area contributed by atoms with Crippen LogP contribution in [0.5, 0.6) is 0 Å². The molecule has 0 spiro atoms. The molecule has 0 radical (unpaired) electrons. The number of hydrogen-bond acceptors (Lipinski definition) is 4. The Balaban J connectivity index is 2.19. The molecule has 1 N–H and O–H groups in total. The van der Waals surface area contributed by atoms with Crippen molar-refractivity contribution in [2.45, 2.75) is 13.8 Å². The Kier molecular flexibility index (Phi) is 2.17. The molecule has 0 aliphatic carbocycles. The smallest absolute Gasteiger partial charge is 0.192 e. The summed E-state index contributed by atoms with van der Waals surface area (Å²) in [5.74, 6) is 1.89. The molecule has 3 aromatic rings. The second kappa shape index (κ2) is 3.70. The third-order valence-electron chi connectivity index (χ3n) is 2.73. The molecule has 3 rings (SSSR count). The minimum atomic E-state index is 0.600. The first-order valence-electron chi connectivity index (χ1n) is 5.51. The van der Waals surface area contributed by atoms with Crippen LogP contribution in [-0.4, -0.2) is 15.0 Å². The van der Waals surface area contributed by atoms with Crippen molar-refractivity contribution in [1.29, 1.82) is 5.26 Å². The number of benzene rings is 1. The third kappa shape index (κ3) is 1.55. The van der Waals surface area contributed by atoms with Crippen LogP contribution in [0.3, 0.4) is 0 Å². The van der Waals surface area contributed by atoms with Gasteiger partial charge in [-0.05, 0) is 25.1 Å². The average molecular weight is 238 g/mol. The molecule has 0 aliphatic heterocycles. The van der Waals surface area contributed by atoms with Crippen LogP contribution in [0, 0.1) is 25.2 Å². The van der Waals surface area contributed by atoms with Crippen molar-refractivity contribution < 1.29 is 4.42 Å². The van der Waals surface area contributed by atoms with Gasteiger partial charge in [0.25, 0.3) is 0 Å². The van der Waals surface area contributed by atoms with Gasteiger partial charge in [0.15, 0.2) is 17.5 Å². The highest BCUT2D eigenvalue weighted by atomic mass is 16.4. The summed E-state index contributed by atoms with van der Waals surface area (Å²) >= 11 is 0. The summed E-state index contributed by atoms with van der Waals surface area (Å²) in [5, 5.41) is 8.86. The summed E-state index contributed by atoms with van der Waals surface area (Å²) in [4.78, 5) is 11.8. The minimum absolute atomic E-state index is 0.600. The van der Waals surface area contributed by atoms with Gasteiger partial charge < -0.3 is 9.40 Å². The van der Waals surface area contributed by atoms with E-state index in [9.17, 15) is 0 Å². The summed E-state index contributed by atoms with van der Waals surface area (Å²) < 4.78 is 5.52. The molecule has 0 saturated carbocycles. The average Bonchev–Trinajstić information content (AvgIpc) is 2.90. The van der Waals surface area contributed by atoms with Crippen LogP contribution in [0.15, 0.2) is 22.6 Å². The Morgan fingerprint density at radius 2 is 2.11 bits per heavy atom. The van der Waals surface area contributed by atoms with Crippen LogP contribution < -0.4 is 0 Å². The monoisotopic (exact) mass is 238 g/mol. The van der Waals surface area contributed by atoms with Crippen LogP contribution in [0.1, 0.15) is 17.1 Å². The lowest BCUT2D eigenvalue weighted by molar-refractivity contribution is 0.531. The highest BCUT2D eigenvalue weighted by molar-refractivity contribution is 5.80. The van der Waals surface area contributed by atoms with Gasteiger partial charge in [-0.1, -0.05) is 0 Å². The number of aromatic nitrogens is 3. The van der Waals surface area contributed by atoms with E-state index in [-0.39, 0.29) is 0 Å². The summed E-state index contributed by atoms with van der Waals surface area (Å²) in [6.07, 6.45) is 0. The van der Waals surface area contributed by atoms with E-state index in [1.54, 1.807) is 19.1 Å². The van der Waals surface area contributed by atoms with Gasteiger partial charge in [0.1, 0.15) is 0 Å². The molecule has 5 nitrogen and oxygen atoms in total. The van der Waals surface area contributed by atoms with E-state index in [0.29, 0.717) is 23.0 Å². The fraction of sp³-hybridized carbons (Fsp3) is 0.154. The second-order valence-electron chi connectivity index (χ2n) is 4.08. The molecular weight excluding hydrogens is 228 g/mol. The van der Waals surface area contributed by atoms with Gasteiger partial charge in [-0.2, -0.15) is 5.26 Å². The molecule has 18 heavy (non-hydrogen) atoms. The molecule has 0 atom stereocenters. The van der Waals surface area contributed by atoms with Crippen molar-refractivity contribution in [3.05, 3.63) is 35.3 Å². The van der Waals surface area contributed by atoms with Gasteiger partial charge in [-0.25, -0.2) is 9.97 Å². The third-order valence-corrected chi connectivity index (χ3v) is 2.73. The van der Waals surface area contributed by atoms with Gasteiger partial charge in [0.05, 0.1) is 28.4 Å². The molecule has 88 valence electrons. The lowest BCUT2D eigenvalue weighted by atomic mass is 10.2. The lowest BCUT2D eigenvalue weighted by Gasteiger charge is -1.89. The zero-order valence-corrected chi connectivity index (χ0v) is 9.98. The fourth-order valence-corrected chi connectivity index (χ4v) is 1.94. The second-order valence-corrected chi connectivity index (χ2v) is 4.08. The first-order chi connectivity index (χ1) is 8.67. The standard InChI is InChI=1S/C13H10N4O/c1-7-12(18-8(2)15-7)13-16-10-4-3-9(6-14)5-11(10)17-13/h3-5H,1-2H3,(H,16,17). The largest absolute Gasteiger partial charge is 0.437 e. The molecule has 0 aliphatic rings. The Morgan fingerprint density at radius 1 is 1.28 bits per heavy atom. The predicted molar refractivity (Wildman–Crippen MR) is 65.8 cm³/mol. The van der Waals surface area contributed by atoms with Crippen LogP contribution in [0.25, 0.3) is 22.6 Å². The summed E-state index contributed by atoms with van der Waals surface area (Å²) in [6, 6.07) is 7.42. The molecule has 0 bridgehead atoms. The number of aromatic amines is 1. The maximum absolute atomic E-state index is 8.86. The number of oxazole rings is 1. The molecule has 5 heteroatoms. The lowest BCUT2D eigenvalue weighted by Crippen LogP contribution is -1.80. The van der Waals surface area contributed by atoms with E-state index in [4.69, 9.17) is 9.68 Å². The molecule has 2 heterocycles. The van der Waals surface area contributed by atoms with E-state index in [1.165, 1.54) is 0 Å². The normalized spacial score (nSPS) is 10.7. The summed E-state index contributed by atoms with van der Waals surface area (Å²) in [6.45, 7) is 3.67. The van der Waals surface area contributed by atoms with Crippen LogP contribution >= 0.6 is 0 Å². The van der Waals surface area contributed by atoms with Crippen molar-refractivity contribution in [2.24, 2.45) is 0 Å². The maximum Gasteiger partial charge on any atom is 0.192 e. The SMILES string of the molecule is Cc1nc(C)c(-c2nc3ccc(C#N)cc3[nH]2)o1. The molecule has 1 aromatic carbocycles. The quantitative estimate of drug-likeness (QED) is 0.706.